The topological polar surface area (TPSA) is 78.6 Å². The number of ether oxygens (including phenoxy) is 2. The van der Waals surface area contributed by atoms with Gasteiger partial charge in [-0.05, 0) is 6.42 Å². The number of methoxy groups -OCH3 is 1. The fourth-order valence-corrected chi connectivity index (χ4v) is 1.41. The van der Waals surface area contributed by atoms with Crippen LogP contribution in [0.4, 0.5) is 0 Å². The first kappa shape index (κ1) is 14.3. The van der Waals surface area contributed by atoms with Crippen LogP contribution < -0.4 is 5.73 Å². The van der Waals surface area contributed by atoms with Crippen LogP contribution in [0, 0.1) is 5.92 Å². The molecular formula is C9H16ClNO4. The Balaban J connectivity index is 0.00000196. The highest BCUT2D eigenvalue weighted by molar-refractivity contribution is 5.87. The normalized spacial score (nSPS) is 21.6. The number of rotatable bonds is 4. The molecule has 1 saturated heterocycles. The van der Waals surface area contributed by atoms with E-state index in [-0.39, 0.29) is 30.5 Å². The van der Waals surface area contributed by atoms with Crippen LogP contribution in [0.3, 0.4) is 0 Å². The predicted octanol–water partition coefficient (Wildman–Crippen LogP) is -0.0958. The van der Waals surface area contributed by atoms with E-state index in [9.17, 15) is 9.59 Å². The zero-order valence-electron chi connectivity index (χ0n) is 8.60. The summed E-state index contributed by atoms with van der Waals surface area (Å²) < 4.78 is 9.50. The van der Waals surface area contributed by atoms with Crippen LogP contribution in [0.2, 0.25) is 0 Å². The lowest BCUT2D eigenvalue weighted by molar-refractivity contribution is -0.144. The van der Waals surface area contributed by atoms with Gasteiger partial charge in [-0.2, -0.15) is 0 Å². The Morgan fingerprint density at radius 1 is 1.60 bits per heavy atom. The van der Waals surface area contributed by atoms with E-state index in [4.69, 9.17) is 10.5 Å². The Hall–Kier alpha value is -0.650. The fourth-order valence-electron chi connectivity index (χ4n) is 1.41. The first-order valence-electron chi connectivity index (χ1n) is 4.59. The van der Waals surface area contributed by atoms with Crippen molar-refractivity contribution in [1.29, 1.82) is 0 Å². The van der Waals surface area contributed by atoms with Gasteiger partial charge in [-0.3, -0.25) is 9.59 Å². The maximum absolute atomic E-state index is 11.5. The standard InChI is InChI=1S/C9H15NO4.ClH/c1-13-9(12)7(10)4-8(11)6-2-3-14-5-6;/h6-7H,2-5,10H2,1H3;1H. The van der Waals surface area contributed by atoms with Gasteiger partial charge in [-0.1, -0.05) is 0 Å². The molecule has 0 aromatic carbocycles. The summed E-state index contributed by atoms with van der Waals surface area (Å²) in [6.45, 7) is 1.07. The highest BCUT2D eigenvalue weighted by atomic mass is 35.5. The molecular weight excluding hydrogens is 222 g/mol. The molecule has 5 nitrogen and oxygen atoms in total. The van der Waals surface area contributed by atoms with Crippen molar-refractivity contribution < 1.29 is 19.1 Å². The Labute approximate surface area is 94.7 Å². The van der Waals surface area contributed by atoms with Crippen molar-refractivity contribution >= 4 is 24.2 Å². The number of ketones is 1. The van der Waals surface area contributed by atoms with Crippen molar-refractivity contribution in [2.24, 2.45) is 11.7 Å². The van der Waals surface area contributed by atoms with Gasteiger partial charge >= 0.3 is 5.97 Å². The number of carbonyl (C=O) groups excluding carboxylic acids is 2. The highest BCUT2D eigenvalue weighted by Gasteiger charge is 2.27. The zero-order chi connectivity index (χ0) is 10.6. The van der Waals surface area contributed by atoms with E-state index in [0.29, 0.717) is 13.2 Å². The molecule has 0 aliphatic carbocycles. The SMILES string of the molecule is COC(=O)C(N)CC(=O)C1CCOC1.Cl. The molecule has 1 fully saturated rings. The van der Waals surface area contributed by atoms with Crippen LogP contribution in [0.1, 0.15) is 12.8 Å². The van der Waals surface area contributed by atoms with E-state index in [0.717, 1.165) is 6.42 Å². The molecule has 0 aromatic rings. The van der Waals surface area contributed by atoms with Crippen LogP contribution in [0.5, 0.6) is 0 Å². The van der Waals surface area contributed by atoms with Crippen molar-refractivity contribution in [3.63, 3.8) is 0 Å². The number of nitrogens with two attached hydrogens (primary N) is 1. The summed E-state index contributed by atoms with van der Waals surface area (Å²) >= 11 is 0. The van der Waals surface area contributed by atoms with Gasteiger partial charge in [-0.15, -0.1) is 12.4 Å². The molecule has 0 bridgehead atoms. The lowest BCUT2D eigenvalue weighted by Crippen LogP contribution is -2.35. The predicted molar refractivity (Wildman–Crippen MR) is 55.8 cm³/mol. The average molecular weight is 238 g/mol. The molecule has 2 N–H and O–H groups in total. The Bertz CT molecular complexity index is 228. The lowest BCUT2D eigenvalue weighted by Gasteiger charge is -2.10. The summed E-state index contributed by atoms with van der Waals surface area (Å²) in [6, 6.07) is -0.840. The van der Waals surface area contributed by atoms with Gasteiger partial charge in [-0.25, -0.2) is 0 Å². The third-order valence-electron chi connectivity index (χ3n) is 2.31. The second-order valence-electron chi connectivity index (χ2n) is 3.36. The lowest BCUT2D eigenvalue weighted by atomic mass is 9.98. The number of hydrogen-bond acceptors (Lipinski definition) is 5. The van der Waals surface area contributed by atoms with Crippen molar-refractivity contribution in [3.05, 3.63) is 0 Å². The molecule has 1 rings (SSSR count). The Morgan fingerprint density at radius 3 is 2.73 bits per heavy atom. The van der Waals surface area contributed by atoms with Gasteiger partial charge in [0.05, 0.1) is 13.7 Å². The van der Waals surface area contributed by atoms with E-state index in [2.05, 4.69) is 4.74 Å². The second-order valence-corrected chi connectivity index (χ2v) is 3.36. The minimum atomic E-state index is -0.840. The van der Waals surface area contributed by atoms with Crippen molar-refractivity contribution in [2.45, 2.75) is 18.9 Å². The highest BCUT2D eigenvalue weighted by Crippen LogP contribution is 2.15. The Kier molecular flexibility index (Phi) is 6.47. The second kappa shape index (κ2) is 6.76. The first-order valence-corrected chi connectivity index (χ1v) is 4.59. The van der Waals surface area contributed by atoms with E-state index in [1.807, 2.05) is 0 Å². The monoisotopic (exact) mass is 237 g/mol. The Morgan fingerprint density at radius 2 is 2.27 bits per heavy atom. The first-order chi connectivity index (χ1) is 6.65. The molecule has 6 heteroatoms. The summed E-state index contributed by atoms with van der Waals surface area (Å²) in [4.78, 5) is 22.4. The summed E-state index contributed by atoms with van der Waals surface area (Å²) in [7, 11) is 1.26. The third-order valence-corrected chi connectivity index (χ3v) is 2.31. The molecule has 0 radical (unpaired) electrons. The average Bonchev–Trinajstić information content (AvgIpc) is 2.69. The summed E-state index contributed by atoms with van der Waals surface area (Å²) in [5.74, 6) is -0.650. The molecule has 88 valence electrons. The molecule has 1 aliphatic heterocycles. The molecule has 0 saturated carbocycles. The number of Topliss-reactive ketones (excluding diaryl/α,β-unsaturated/α-hetero) is 1. The molecule has 0 spiro atoms. The summed E-state index contributed by atoms with van der Waals surface area (Å²) in [6.07, 6.45) is 0.771. The number of hydrogen-bond donors (Lipinski definition) is 1. The van der Waals surface area contributed by atoms with Crippen LogP contribution in [-0.2, 0) is 19.1 Å². The summed E-state index contributed by atoms with van der Waals surface area (Å²) in [5, 5.41) is 0. The maximum atomic E-state index is 11.5. The van der Waals surface area contributed by atoms with Crippen LogP contribution >= 0.6 is 12.4 Å². The van der Waals surface area contributed by atoms with Gasteiger partial charge in [0, 0.05) is 18.9 Å². The molecule has 2 unspecified atom stereocenters. The van der Waals surface area contributed by atoms with Gasteiger partial charge in [0.25, 0.3) is 0 Å². The van der Waals surface area contributed by atoms with Gasteiger partial charge in [0.2, 0.25) is 0 Å². The smallest absolute Gasteiger partial charge is 0.323 e. The van der Waals surface area contributed by atoms with Gasteiger partial charge in [0.15, 0.2) is 0 Å². The minimum absolute atomic E-state index is 0. The molecule has 1 aliphatic rings. The molecule has 0 amide bonds. The van der Waals surface area contributed by atoms with Crippen molar-refractivity contribution in [1.82, 2.24) is 0 Å². The van der Waals surface area contributed by atoms with E-state index < -0.39 is 12.0 Å². The number of esters is 1. The molecule has 15 heavy (non-hydrogen) atoms. The largest absolute Gasteiger partial charge is 0.468 e. The fraction of sp³-hybridized carbons (Fsp3) is 0.778. The third kappa shape index (κ3) is 4.15. The molecule has 2 atom stereocenters. The van der Waals surface area contributed by atoms with Crippen LogP contribution in [0.25, 0.3) is 0 Å². The van der Waals surface area contributed by atoms with Gasteiger partial charge in [0.1, 0.15) is 11.8 Å². The maximum Gasteiger partial charge on any atom is 0.323 e. The number of halogens is 1. The van der Waals surface area contributed by atoms with Crippen LogP contribution in [-0.4, -0.2) is 38.1 Å². The van der Waals surface area contributed by atoms with Crippen molar-refractivity contribution in [3.8, 4) is 0 Å². The summed E-state index contributed by atoms with van der Waals surface area (Å²) in [5.41, 5.74) is 5.46. The van der Waals surface area contributed by atoms with Crippen molar-refractivity contribution in [2.75, 3.05) is 20.3 Å². The van der Waals surface area contributed by atoms with Gasteiger partial charge < -0.3 is 15.2 Å². The van der Waals surface area contributed by atoms with Crippen LogP contribution in [0.15, 0.2) is 0 Å². The molecule has 0 aromatic heterocycles. The molecule has 1 heterocycles. The van der Waals surface area contributed by atoms with E-state index in [1.54, 1.807) is 0 Å². The van der Waals surface area contributed by atoms with E-state index >= 15 is 0 Å². The number of carbonyl (C=O) groups is 2. The zero-order valence-corrected chi connectivity index (χ0v) is 9.42. The van der Waals surface area contributed by atoms with E-state index in [1.165, 1.54) is 7.11 Å². The minimum Gasteiger partial charge on any atom is -0.468 e. The quantitative estimate of drug-likeness (QED) is 0.691.